The summed E-state index contributed by atoms with van der Waals surface area (Å²) >= 11 is 3.04. The van der Waals surface area contributed by atoms with Gasteiger partial charge in [-0.1, -0.05) is 29.5 Å². The molecule has 4 rings (SSSR count). The molecule has 0 aliphatic rings. The molecule has 4 nitrogen and oxygen atoms in total. The number of anilines is 1. The van der Waals surface area contributed by atoms with Crippen molar-refractivity contribution in [3.05, 3.63) is 59.1 Å². The summed E-state index contributed by atoms with van der Waals surface area (Å²) in [6.45, 7) is 2.04. The molecule has 2 aromatic carbocycles. The Hall–Kier alpha value is -2.57. The van der Waals surface area contributed by atoms with Crippen molar-refractivity contribution >= 4 is 60.2 Å². The van der Waals surface area contributed by atoms with Crippen LogP contribution >= 0.6 is 22.7 Å². The minimum Gasteiger partial charge on any atom is -0.298 e. The summed E-state index contributed by atoms with van der Waals surface area (Å²) in [5.74, 6) is -0.204. The summed E-state index contributed by atoms with van der Waals surface area (Å²) in [5, 5.41) is 4.23. The maximum Gasteiger partial charge on any atom is 0.250 e. The second-order valence-electron chi connectivity index (χ2n) is 5.33. The summed E-state index contributed by atoms with van der Waals surface area (Å²) in [5.41, 5.74) is 3.03. The van der Waals surface area contributed by atoms with Gasteiger partial charge in [-0.15, -0.1) is 11.3 Å². The Kier molecular flexibility index (Phi) is 3.84. The number of nitrogens with zero attached hydrogens (tertiary/aromatic N) is 2. The predicted octanol–water partition coefficient (Wildman–Crippen LogP) is 4.87. The van der Waals surface area contributed by atoms with Gasteiger partial charge < -0.3 is 0 Å². The number of carbonyl (C=O) groups is 1. The van der Waals surface area contributed by atoms with Gasteiger partial charge in [0.1, 0.15) is 5.01 Å². The van der Waals surface area contributed by atoms with Crippen LogP contribution in [-0.4, -0.2) is 15.9 Å². The highest BCUT2D eigenvalue weighted by molar-refractivity contribution is 7.22. The van der Waals surface area contributed by atoms with Crippen molar-refractivity contribution in [3.8, 4) is 0 Å². The van der Waals surface area contributed by atoms with Crippen molar-refractivity contribution in [3.63, 3.8) is 0 Å². The Labute approximate surface area is 146 Å². The van der Waals surface area contributed by atoms with Crippen molar-refractivity contribution in [2.75, 3.05) is 5.32 Å². The minimum atomic E-state index is -0.204. The van der Waals surface area contributed by atoms with E-state index in [9.17, 15) is 4.79 Å². The maximum absolute atomic E-state index is 12.1. The number of hydrogen-bond acceptors (Lipinski definition) is 5. The number of rotatable bonds is 3. The van der Waals surface area contributed by atoms with E-state index >= 15 is 0 Å². The highest BCUT2D eigenvalue weighted by atomic mass is 32.1. The third-order valence-corrected chi connectivity index (χ3v) is 5.40. The van der Waals surface area contributed by atoms with E-state index in [0.717, 1.165) is 25.4 Å². The van der Waals surface area contributed by atoms with Gasteiger partial charge in [0.25, 0.3) is 0 Å². The Bertz CT molecular complexity index is 1050. The molecule has 0 saturated heterocycles. The summed E-state index contributed by atoms with van der Waals surface area (Å²) in [6.07, 6.45) is 3.23. The van der Waals surface area contributed by atoms with E-state index in [1.165, 1.54) is 23.0 Å². The lowest BCUT2D eigenvalue weighted by Crippen LogP contribution is -2.07. The van der Waals surface area contributed by atoms with Crippen LogP contribution in [0, 0.1) is 6.92 Å². The molecule has 0 bridgehead atoms. The van der Waals surface area contributed by atoms with Crippen molar-refractivity contribution in [2.45, 2.75) is 6.92 Å². The molecule has 6 heteroatoms. The maximum atomic E-state index is 12.1. The number of nitrogens with one attached hydrogen (secondary N) is 1. The fraction of sp³-hybridized carbons (Fsp3) is 0.0556. The van der Waals surface area contributed by atoms with Gasteiger partial charge in [-0.25, -0.2) is 9.97 Å². The summed E-state index contributed by atoms with van der Waals surface area (Å²) < 4.78 is 2.18. The number of aromatic nitrogens is 2. The van der Waals surface area contributed by atoms with Gasteiger partial charge in [-0.05, 0) is 42.8 Å². The molecule has 2 heterocycles. The lowest BCUT2D eigenvalue weighted by atomic mass is 10.2. The first kappa shape index (κ1) is 15.0. The zero-order valence-electron chi connectivity index (χ0n) is 12.8. The van der Waals surface area contributed by atoms with Crippen LogP contribution in [-0.2, 0) is 4.79 Å². The zero-order chi connectivity index (χ0) is 16.5. The second-order valence-corrected chi connectivity index (χ2v) is 7.43. The molecule has 2 aromatic heterocycles. The smallest absolute Gasteiger partial charge is 0.250 e. The molecule has 1 amide bonds. The highest BCUT2D eigenvalue weighted by Crippen LogP contribution is 2.27. The van der Waals surface area contributed by atoms with E-state index in [0.29, 0.717) is 5.13 Å². The molecular formula is C18H13N3OS2. The van der Waals surface area contributed by atoms with Crippen LogP contribution in [0.1, 0.15) is 10.6 Å². The monoisotopic (exact) mass is 351 g/mol. The van der Waals surface area contributed by atoms with Gasteiger partial charge in [0.15, 0.2) is 5.13 Å². The fourth-order valence-electron chi connectivity index (χ4n) is 2.34. The minimum absolute atomic E-state index is 0.204. The van der Waals surface area contributed by atoms with Crippen molar-refractivity contribution in [1.29, 1.82) is 0 Å². The molecule has 0 atom stereocenters. The van der Waals surface area contributed by atoms with Gasteiger partial charge in [0, 0.05) is 6.08 Å². The molecule has 0 radical (unpaired) electrons. The van der Waals surface area contributed by atoms with Crippen LogP contribution in [0.3, 0.4) is 0 Å². The standard InChI is InChI=1S/C18H13N3OS2/c1-11-6-7-13-15(10-11)24-18(20-13)21-16(22)8-9-17-19-12-4-2-3-5-14(12)23-17/h2-10H,1H3,(H,20,21,22)/b9-8+. The van der Waals surface area contributed by atoms with Crippen LogP contribution in [0.15, 0.2) is 48.5 Å². The number of fused-ring (bicyclic) bond motifs is 2. The van der Waals surface area contributed by atoms with Crippen molar-refractivity contribution in [1.82, 2.24) is 9.97 Å². The number of amides is 1. The van der Waals surface area contributed by atoms with E-state index in [4.69, 9.17) is 0 Å². The number of aryl methyl sites for hydroxylation is 1. The molecule has 0 aliphatic heterocycles. The highest BCUT2D eigenvalue weighted by Gasteiger charge is 2.06. The second kappa shape index (κ2) is 6.14. The number of benzene rings is 2. The van der Waals surface area contributed by atoms with Crippen LogP contribution < -0.4 is 5.32 Å². The van der Waals surface area contributed by atoms with Crippen molar-refractivity contribution in [2.24, 2.45) is 0 Å². The first-order valence-electron chi connectivity index (χ1n) is 7.39. The number of carbonyl (C=O) groups excluding carboxylic acids is 1. The molecule has 0 fully saturated rings. The van der Waals surface area contributed by atoms with E-state index in [-0.39, 0.29) is 5.91 Å². The molecule has 118 valence electrons. The van der Waals surface area contributed by atoms with Crippen LogP contribution in [0.5, 0.6) is 0 Å². The first-order chi connectivity index (χ1) is 11.7. The van der Waals surface area contributed by atoms with Gasteiger partial charge >= 0.3 is 0 Å². The van der Waals surface area contributed by atoms with E-state index in [1.807, 2.05) is 43.3 Å². The van der Waals surface area contributed by atoms with Crippen molar-refractivity contribution < 1.29 is 4.79 Å². The van der Waals surface area contributed by atoms with Crippen LogP contribution in [0.4, 0.5) is 5.13 Å². The Balaban J connectivity index is 1.50. The number of thiazole rings is 2. The summed E-state index contributed by atoms with van der Waals surface area (Å²) in [4.78, 5) is 21.0. The molecule has 0 spiro atoms. The van der Waals surface area contributed by atoms with E-state index in [1.54, 1.807) is 17.4 Å². The zero-order valence-corrected chi connectivity index (χ0v) is 14.4. The largest absolute Gasteiger partial charge is 0.298 e. The molecule has 0 saturated carbocycles. The Morgan fingerprint density at radius 3 is 2.75 bits per heavy atom. The topological polar surface area (TPSA) is 54.9 Å². The summed E-state index contributed by atoms with van der Waals surface area (Å²) in [6, 6.07) is 14.0. The quantitative estimate of drug-likeness (QED) is 0.536. The normalized spacial score (nSPS) is 11.5. The van der Waals surface area contributed by atoms with Gasteiger partial charge in [0.05, 0.1) is 20.4 Å². The molecule has 1 N–H and O–H groups in total. The SMILES string of the molecule is Cc1ccc2nc(NC(=O)/C=C/c3nc4ccccc4s3)sc2c1. The lowest BCUT2D eigenvalue weighted by Gasteiger charge is -1.94. The van der Waals surface area contributed by atoms with E-state index < -0.39 is 0 Å². The predicted molar refractivity (Wildman–Crippen MR) is 102 cm³/mol. The number of hydrogen-bond donors (Lipinski definition) is 1. The first-order valence-corrected chi connectivity index (χ1v) is 9.02. The van der Waals surface area contributed by atoms with E-state index in [2.05, 4.69) is 21.4 Å². The third-order valence-electron chi connectivity index (χ3n) is 3.46. The van der Waals surface area contributed by atoms with Gasteiger partial charge in [-0.2, -0.15) is 0 Å². The Morgan fingerprint density at radius 1 is 1.04 bits per heavy atom. The molecular weight excluding hydrogens is 338 g/mol. The molecule has 4 aromatic rings. The lowest BCUT2D eigenvalue weighted by molar-refractivity contribution is -0.111. The van der Waals surface area contributed by atoms with Crippen LogP contribution in [0.2, 0.25) is 0 Å². The molecule has 0 aliphatic carbocycles. The average Bonchev–Trinajstić information content (AvgIpc) is 3.15. The van der Waals surface area contributed by atoms with Gasteiger partial charge in [0.2, 0.25) is 5.91 Å². The molecule has 0 unspecified atom stereocenters. The average molecular weight is 351 g/mol. The fourth-order valence-corrected chi connectivity index (χ4v) is 4.18. The van der Waals surface area contributed by atoms with Crippen LogP contribution in [0.25, 0.3) is 26.5 Å². The number of para-hydroxylation sites is 1. The third kappa shape index (κ3) is 3.06. The Morgan fingerprint density at radius 2 is 1.88 bits per heavy atom. The van der Waals surface area contributed by atoms with Gasteiger partial charge in [-0.3, -0.25) is 10.1 Å². The molecule has 24 heavy (non-hydrogen) atoms. The summed E-state index contributed by atoms with van der Waals surface area (Å²) in [7, 11) is 0.